The molecule has 0 saturated carbocycles. The lowest BCUT2D eigenvalue weighted by molar-refractivity contribution is -0.126. The fourth-order valence-corrected chi connectivity index (χ4v) is 3.23. The van der Waals surface area contributed by atoms with E-state index in [0.717, 1.165) is 25.2 Å². The van der Waals surface area contributed by atoms with E-state index in [9.17, 15) is 4.79 Å². The minimum absolute atomic E-state index is 0.179. The molecule has 2 aliphatic heterocycles. The number of nitrogens with zero attached hydrogens (tertiary/aromatic N) is 1. The van der Waals surface area contributed by atoms with Crippen LogP contribution in [0.4, 0.5) is 0 Å². The Kier molecular flexibility index (Phi) is 2.92. The van der Waals surface area contributed by atoms with Gasteiger partial charge in [-0.05, 0) is 46.7 Å². The Morgan fingerprint density at radius 3 is 3.12 bits per heavy atom. The smallest absolute Gasteiger partial charge is 0.240 e. The zero-order valence-corrected chi connectivity index (χ0v) is 11.5. The van der Waals surface area contributed by atoms with Crippen molar-refractivity contribution in [3.8, 4) is 0 Å². The summed E-state index contributed by atoms with van der Waals surface area (Å²) < 4.78 is 1.30. The van der Waals surface area contributed by atoms with E-state index in [1.165, 1.54) is 14.7 Å². The monoisotopic (exact) mass is 340 g/mol. The molecule has 1 aromatic carbocycles. The van der Waals surface area contributed by atoms with Gasteiger partial charge >= 0.3 is 0 Å². The van der Waals surface area contributed by atoms with Gasteiger partial charge in [0.1, 0.15) is 0 Å². The van der Waals surface area contributed by atoms with Crippen LogP contribution in [0.25, 0.3) is 5.70 Å². The van der Waals surface area contributed by atoms with Gasteiger partial charge < -0.3 is 10.2 Å². The Labute approximate surface area is 114 Å². The first-order chi connectivity index (χ1) is 8.27. The molecule has 4 heteroatoms. The average molecular weight is 340 g/mol. The van der Waals surface area contributed by atoms with E-state index < -0.39 is 0 Å². The Balaban J connectivity index is 2.13. The van der Waals surface area contributed by atoms with Crippen molar-refractivity contribution in [1.82, 2.24) is 10.2 Å². The number of amides is 1. The highest BCUT2D eigenvalue weighted by Gasteiger charge is 2.27. The summed E-state index contributed by atoms with van der Waals surface area (Å²) in [6.07, 6.45) is 3.08. The van der Waals surface area contributed by atoms with Crippen molar-refractivity contribution in [1.29, 1.82) is 0 Å². The first-order valence-electron chi connectivity index (χ1n) is 5.76. The second-order valence-corrected chi connectivity index (χ2v) is 5.44. The summed E-state index contributed by atoms with van der Waals surface area (Å²) in [5, 5.41) is 3.13. The normalized spacial score (nSPS) is 19.2. The summed E-state index contributed by atoms with van der Waals surface area (Å²) in [6.45, 7) is 2.01. The predicted molar refractivity (Wildman–Crippen MR) is 75.4 cm³/mol. The van der Waals surface area contributed by atoms with Gasteiger partial charge in [0.05, 0.1) is 6.54 Å². The first kappa shape index (κ1) is 11.2. The van der Waals surface area contributed by atoms with E-state index in [4.69, 9.17) is 0 Å². The van der Waals surface area contributed by atoms with Crippen molar-refractivity contribution in [3.63, 3.8) is 0 Å². The number of hydrogen-bond donors (Lipinski definition) is 1. The van der Waals surface area contributed by atoms with Gasteiger partial charge in [-0.15, -0.1) is 0 Å². The number of hydrogen-bond acceptors (Lipinski definition) is 2. The van der Waals surface area contributed by atoms with E-state index in [-0.39, 0.29) is 5.91 Å². The summed E-state index contributed by atoms with van der Waals surface area (Å²) in [4.78, 5) is 13.9. The lowest BCUT2D eigenvalue weighted by Gasteiger charge is -2.31. The molecule has 0 aliphatic carbocycles. The molecule has 0 radical (unpaired) electrons. The van der Waals surface area contributed by atoms with Crippen LogP contribution in [0.15, 0.2) is 24.3 Å². The Morgan fingerprint density at radius 2 is 2.24 bits per heavy atom. The summed E-state index contributed by atoms with van der Waals surface area (Å²) in [5.41, 5.74) is 3.69. The zero-order chi connectivity index (χ0) is 11.8. The van der Waals surface area contributed by atoms with E-state index >= 15 is 0 Å². The molecule has 88 valence electrons. The SMILES string of the molecule is O=C1CNCC=C2c3cccc(I)c3CCN12. The van der Waals surface area contributed by atoms with Crippen LogP contribution in [0.3, 0.4) is 0 Å². The van der Waals surface area contributed by atoms with Gasteiger partial charge in [-0.2, -0.15) is 0 Å². The van der Waals surface area contributed by atoms with Crippen molar-refractivity contribution >= 4 is 34.2 Å². The summed E-state index contributed by atoms with van der Waals surface area (Å²) in [7, 11) is 0. The van der Waals surface area contributed by atoms with Crippen molar-refractivity contribution in [3.05, 3.63) is 39.0 Å². The van der Waals surface area contributed by atoms with Gasteiger partial charge in [0.2, 0.25) is 5.91 Å². The molecule has 0 fully saturated rings. The molecule has 0 bridgehead atoms. The predicted octanol–water partition coefficient (Wildman–Crippen LogP) is 1.62. The molecule has 17 heavy (non-hydrogen) atoms. The van der Waals surface area contributed by atoms with Crippen LogP contribution in [-0.2, 0) is 11.2 Å². The molecule has 0 aromatic heterocycles. The maximum absolute atomic E-state index is 12.0. The molecule has 0 atom stereocenters. The second kappa shape index (κ2) is 4.42. The third-order valence-electron chi connectivity index (χ3n) is 3.29. The van der Waals surface area contributed by atoms with Gasteiger partial charge in [0, 0.05) is 27.9 Å². The maximum Gasteiger partial charge on any atom is 0.240 e. The lowest BCUT2D eigenvalue weighted by atomic mass is 9.96. The highest BCUT2D eigenvalue weighted by molar-refractivity contribution is 14.1. The summed E-state index contributed by atoms with van der Waals surface area (Å²) in [5.74, 6) is 0.179. The molecule has 3 nitrogen and oxygen atoms in total. The topological polar surface area (TPSA) is 32.3 Å². The van der Waals surface area contributed by atoms with Crippen LogP contribution in [0.2, 0.25) is 0 Å². The highest BCUT2D eigenvalue weighted by Crippen LogP contribution is 2.31. The zero-order valence-electron chi connectivity index (χ0n) is 9.37. The molecule has 2 heterocycles. The van der Waals surface area contributed by atoms with Crippen LogP contribution >= 0.6 is 22.6 Å². The summed E-state index contributed by atoms with van der Waals surface area (Å²) >= 11 is 2.38. The molecule has 2 aliphatic rings. The molecule has 1 N–H and O–H groups in total. The van der Waals surface area contributed by atoms with Crippen molar-refractivity contribution in [2.45, 2.75) is 6.42 Å². The standard InChI is InChI=1S/C13H13IN2O/c14-11-3-1-2-10-9(11)5-7-16-12(10)4-6-15-8-13(16)17/h1-4,15H,5-8H2. The third kappa shape index (κ3) is 1.89. The van der Waals surface area contributed by atoms with Gasteiger partial charge in [-0.25, -0.2) is 0 Å². The Morgan fingerprint density at radius 1 is 1.35 bits per heavy atom. The highest BCUT2D eigenvalue weighted by atomic mass is 127. The number of fused-ring (bicyclic) bond motifs is 3. The molecule has 1 amide bonds. The fourth-order valence-electron chi connectivity index (χ4n) is 2.46. The lowest BCUT2D eigenvalue weighted by Crippen LogP contribution is -2.38. The number of nitrogens with one attached hydrogen (secondary N) is 1. The van der Waals surface area contributed by atoms with Crippen LogP contribution in [-0.4, -0.2) is 30.4 Å². The molecule has 1 aromatic rings. The molecule has 0 spiro atoms. The number of benzene rings is 1. The van der Waals surface area contributed by atoms with Crippen LogP contribution in [0, 0.1) is 3.57 Å². The molecule has 0 unspecified atom stereocenters. The third-order valence-corrected chi connectivity index (χ3v) is 4.30. The van der Waals surface area contributed by atoms with Gasteiger partial charge in [-0.1, -0.05) is 12.1 Å². The van der Waals surface area contributed by atoms with Crippen molar-refractivity contribution in [2.75, 3.05) is 19.6 Å². The average Bonchev–Trinajstić information content (AvgIpc) is 2.52. The van der Waals surface area contributed by atoms with E-state index in [2.05, 4.69) is 52.2 Å². The van der Waals surface area contributed by atoms with Crippen molar-refractivity contribution < 1.29 is 4.79 Å². The van der Waals surface area contributed by atoms with Crippen LogP contribution in [0.5, 0.6) is 0 Å². The van der Waals surface area contributed by atoms with Crippen LogP contribution in [0.1, 0.15) is 11.1 Å². The van der Waals surface area contributed by atoms with Crippen molar-refractivity contribution in [2.24, 2.45) is 0 Å². The van der Waals surface area contributed by atoms with Crippen LogP contribution < -0.4 is 5.32 Å². The fraction of sp³-hybridized carbons (Fsp3) is 0.308. The Bertz CT molecular complexity index is 510. The van der Waals surface area contributed by atoms with E-state index in [1.807, 2.05) is 4.90 Å². The van der Waals surface area contributed by atoms with E-state index in [0.29, 0.717) is 6.54 Å². The first-order valence-corrected chi connectivity index (χ1v) is 6.84. The molecule has 0 saturated heterocycles. The van der Waals surface area contributed by atoms with Gasteiger partial charge in [-0.3, -0.25) is 4.79 Å². The number of rotatable bonds is 0. The molecular weight excluding hydrogens is 327 g/mol. The van der Waals surface area contributed by atoms with Gasteiger partial charge in [0.15, 0.2) is 0 Å². The number of carbonyl (C=O) groups is 1. The largest absolute Gasteiger partial charge is 0.311 e. The second-order valence-electron chi connectivity index (χ2n) is 4.28. The van der Waals surface area contributed by atoms with Gasteiger partial charge in [0.25, 0.3) is 0 Å². The number of halogens is 1. The maximum atomic E-state index is 12.0. The number of carbonyl (C=O) groups excluding carboxylic acids is 1. The Hall–Kier alpha value is -0.880. The molecule has 3 rings (SSSR count). The minimum Gasteiger partial charge on any atom is -0.311 e. The molecular formula is C13H13IN2O. The summed E-state index contributed by atoms with van der Waals surface area (Å²) in [6, 6.07) is 6.31. The van der Waals surface area contributed by atoms with E-state index in [1.54, 1.807) is 0 Å². The quantitative estimate of drug-likeness (QED) is 0.728. The minimum atomic E-state index is 0.179.